The molecule has 10 heteroatoms. The lowest BCUT2D eigenvalue weighted by Crippen LogP contribution is -2.16. The van der Waals surface area contributed by atoms with E-state index in [1.54, 1.807) is 30.3 Å². The third-order valence-electron chi connectivity index (χ3n) is 5.57. The number of carbonyl (C=O) groups is 1. The molecule has 37 heavy (non-hydrogen) atoms. The summed E-state index contributed by atoms with van der Waals surface area (Å²) in [5.41, 5.74) is 9.03. The van der Waals surface area contributed by atoms with Crippen molar-refractivity contribution in [3.63, 3.8) is 0 Å². The van der Waals surface area contributed by atoms with Gasteiger partial charge in [0.15, 0.2) is 0 Å². The Morgan fingerprint density at radius 3 is 2.57 bits per heavy atom. The highest BCUT2D eigenvalue weighted by molar-refractivity contribution is 6.33. The van der Waals surface area contributed by atoms with Crippen molar-refractivity contribution < 1.29 is 23.8 Å². The van der Waals surface area contributed by atoms with Crippen LogP contribution in [0.15, 0.2) is 81.7 Å². The van der Waals surface area contributed by atoms with E-state index in [1.165, 1.54) is 38.5 Å². The van der Waals surface area contributed by atoms with Crippen molar-refractivity contribution in [1.82, 2.24) is 0 Å². The Labute approximate surface area is 217 Å². The second-order valence-electron chi connectivity index (χ2n) is 7.90. The maximum atomic E-state index is 15.0. The van der Waals surface area contributed by atoms with Gasteiger partial charge in [-0.05, 0) is 42.0 Å². The van der Waals surface area contributed by atoms with Crippen molar-refractivity contribution in [2.45, 2.75) is 0 Å². The summed E-state index contributed by atoms with van der Waals surface area (Å²) in [6.45, 7) is 4.20. The van der Waals surface area contributed by atoms with Crippen LogP contribution in [0.3, 0.4) is 0 Å². The number of nitrogens with two attached hydrogens (primary N) is 1. The van der Waals surface area contributed by atoms with Crippen LogP contribution < -0.4 is 15.2 Å². The average Bonchev–Trinajstić information content (AvgIpc) is 2.99. The Kier molecular flexibility index (Phi) is 7.35. The van der Waals surface area contributed by atoms with E-state index in [0.717, 1.165) is 0 Å². The number of aliphatic imine (C=N–C) groups is 3. The number of carboxylic acid groups (broad SMARTS) is 1. The summed E-state index contributed by atoms with van der Waals surface area (Å²) in [5.74, 6) is -1.31. The maximum absolute atomic E-state index is 15.0. The van der Waals surface area contributed by atoms with Crippen LogP contribution in [-0.4, -0.2) is 49.2 Å². The molecule has 3 aromatic rings. The number of methoxy groups -OCH3 is 2. The van der Waals surface area contributed by atoms with Crippen LogP contribution in [0.25, 0.3) is 0 Å². The summed E-state index contributed by atoms with van der Waals surface area (Å²) in [7, 11) is 2.81. The van der Waals surface area contributed by atoms with Crippen LogP contribution in [0.2, 0.25) is 5.02 Å². The van der Waals surface area contributed by atoms with Crippen molar-refractivity contribution in [3.8, 4) is 11.5 Å². The zero-order valence-corrected chi connectivity index (χ0v) is 20.7. The Morgan fingerprint density at radius 2 is 1.86 bits per heavy atom. The number of halogens is 2. The summed E-state index contributed by atoms with van der Waals surface area (Å²) >= 11 is 6.31. The van der Waals surface area contributed by atoms with Crippen molar-refractivity contribution in [2.75, 3.05) is 20.8 Å². The normalized spacial score (nSPS) is 14.6. The van der Waals surface area contributed by atoms with Gasteiger partial charge in [0, 0.05) is 22.2 Å². The minimum Gasteiger partial charge on any atom is -0.496 e. The molecule has 188 valence electrons. The Bertz CT molecular complexity index is 1510. The molecule has 0 saturated carbocycles. The third-order valence-corrected chi connectivity index (χ3v) is 5.81. The molecule has 3 aromatic carbocycles. The molecule has 0 atom stereocenters. The number of nitrogens with zero attached hydrogens (tertiary/aromatic N) is 3. The van der Waals surface area contributed by atoms with Crippen LogP contribution >= 0.6 is 11.6 Å². The predicted molar refractivity (Wildman–Crippen MR) is 142 cm³/mol. The number of rotatable bonds is 5. The van der Waals surface area contributed by atoms with E-state index in [1.807, 2.05) is 0 Å². The molecule has 0 fully saturated rings. The van der Waals surface area contributed by atoms with Crippen molar-refractivity contribution in [2.24, 2.45) is 20.7 Å². The van der Waals surface area contributed by atoms with Gasteiger partial charge in [-0.2, -0.15) is 0 Å². The fourth-order valence-corrected chi connectivity index (χ4v) is 4.07. The summed E-state index contributed by atoms with van der Waals surface area (Å²) < 4.78 is 25.5. The predicted octanol–water partition coefficient (Wildman–Crippen LogP) is 5.04. The largest absolute Gasteiger partial charge is 0.496 e. The molecule has 1 aliphatic heterocycles. The Morgan fingerprint density at radius 1 is 1.11 bits per heavy atom. The first-order valence-corrected chi connectivity index (χ1v) is 11.3. The number of guanidine groups is 1. The van der Waals surface area contributed by atoms with E-state index < -0.39 is 11.8 Å². The first-order valence-electron chi connectivity index (χ1n) is 10.9. The average molecular weight is 521 g/mol. The van der Waals surface area contributed by atoms with Crippen molar-refractivity contribution >= 4 is 40.6 Å². The van der Waals surface area contributed by atoms with Crippen molar-refractivity contribution in [3.05, 3.63) is 99.8 Å². The molecule has 8 nitrogen and oxygen atoms in total. The van der Waals surface area contributed by atoms with Gasteiger partial charge >= 0.3 is 5.97 Å². The molecule has 0 aliphatic carbocycles. The van der Waals surface area contributed by atoms with Crippen LogP contribution in [0.5, 0.6) is 11.5 Å². The first kappa shape index (κ1) is 25.6. The quantitative estimate of drug-likeness (QED) is 0.361. The van der Waals surface area contributed by atoms with E-state index in [4.69, 9.17) is 26.8 Å². The molecule has 1 aliphatic rings. The number of carboxylic acids is 1. The standard InChI is InChI=1S/C27H22ClFN4O4/c1-14-13-31-25(23-20(29)5-4-6-21(23)36-2)19-11-15(28)7-9-17(19)24(14)33-27(30)32-16-8-10-18(26(34)35)22(12-16)37-3/h4-12H,1,13H2,2-3H3,(H2,30,32)(H,34,35)/b33-24+. The lowest BCUT2D eigenvalue weighted by atomic mass is 9.93. The van der Waals surface area contributed by atoms with Gasteiger partial charge in [-0.15, -0.1) is 0 Å². The smallest absolute Gasteiger partial charge is 0.339 e. The molecular formula is C27H22ClFN4O4. The number of aromatic carboxylic acids is 1. The Hall–Kier alpha value is -4.50. The van der Waals surface area contributed by atoms with Gasteiger partial charge in [-0.25, -0.2) is 19.2 Å². The van der Waals surface area contributed by atoms with Gasteiger partial charge in [0.25, 0.3) is 0 Å². The molecule has 0 radical (unpaired) electrons. The number of benzene rings is 3. The lowest BCUT2D eigenvalue weighted by Gasteiger charge is -2.15. The van der Waals surface area contributed by atoms with Crippen molar-refractivity contribution in [1.29, 1.82) is 0 Å². The van der Waals surface area contributed by atoms with Crippen LogP contribution in [0.1, 0.15) is 27.0 Å². The van der Waals surface area contributed by atoms with Crippen LogP contribution in [0.4, 0.5) is 10.1 Å². The van der Waals surface area contributed by atoms with Gasteiger partial charge in [-0.1, -0.05) is 30.3 Å². The van der Waals surface area contributed by atoms with E-state index in [9.17, 15) is 9.90 Å². The molecular weight excluding hydrogens is 499 g/mol. The summed E-state index contributed by atoms with van der Waals surface area (Å²) in [6.07, 6.45) is 0. The van der Waals surface area contributed by atoms with E-state index in [-0.39, 0.29) is 29.4 Å². The topological polar surface area (TPSA) is 119 Å². The number of fused-ring (bicyclic) bond motifs is 1. The van der Waals surface area contributed by atoms with E-state index in [0.29, 0.717) is 44.6 Å². The highest BCUT2D eigenvalue weighted by Gasteiger charge is 2.26. The summed E-state index contributed by atoms with van der Waals surface area (Å²) in [6, 6.07) is 13.9. The molecule has 0 aromatic heterocycles. The van der Waals surface area contributed by atoms with E-state index in [2.05, 4.69) is 21.6 Å². The molecule has 0 saturated heterocycles. The zero-order chi connectivity index (χ0) is 26.7. The highest BCUT2D eigenvalue weighted by Crippen LogP contribution is 2.31. The molecule has 3 N–H and O–H groups in total. The number of hydrogen-bond donors (Lipinski definition) is 2. The van der Waals surface area contributed by atoms with E-state index >= 15 is 4.39 Å². The fourth-order valence-electron chi connectivity index (χ4n) is 3.90. The molecule has 1 heterocycles. The van der Waals surface area contributed by atoms with Crippen LogP contribution in [-0.2, 0) is 0 Å². The monoisotopic (exact) mass is 520 g/mol. The Balaban J connectivity index is 1.84. The number of ether oxygens (including phenoxy) is 2. The van der Waals surface area contributed by atoms with Crippen LogP contribution in [0, 0.1) is 5.82 Å². The summed E-state index contributed by atoms with van der Waals surface area (Å²) in [5, 5.41) is 9.70. The van der Waals surface area contributed by atoms with Gasteiger partial charge in [0.05, 0.1) is 43.4 Å². The molecule has 0 amide bonds. The summed E-state index contributed by atoms with van der Waals surface area (Å²) in [4.78, 5) is 24.8. The second kappa shape index (κ2) is 10.6. The SMILES string of the molecule is C=C1CN=C(c2c(F)cccc2OC)c2cc(Cl)ccc2/C1=N/C(N)=Nc1ccc(C(=O)O)c(OC)c1. The zero-order valence-electron chi connectivity index (χ0n) is 20.0. The number of hydrogen-bond acceptors (Lipinski definition) is 5. The minimum absolute atomic E-state index is 0.0115. The van der Waals surface area contributed by atoms with Gasteiger partial charge in [0.1, 0.15) is 22.9 Å². The first-order chi connectivity index (χ1) is 17.7. The van der Waals surface area contributed by atoms with Gasteiger partial charge in [0.2, 0.25) is 5.96 Å². The molecule has 4 rings (SSSR count). The molecule has 0 spiro atoms. The highest BCUT2D eigenvalue weighted by atomic mass is 35.5. The maximum Gasteiger partial charge on any atom is 0.339 e. The minimum atomic E-state index is -1.13. The third kappa shape index (κ3) is 5.22. The fraction of sp³-hybridized carbons (Fsp3) is 0.111. The van der Waals surface area contributed by atoms with Gasteiger partial charge < -0.3 is 20.3 Å². The molecule has 0 unspecified atom stereocenters. The second-order valence-corrected chi connectivity index (χ2v) is 8.33. The van der Waals surface area contributed by atoms with Gasteiger partial charge in [-0.3, -0.25) is 4.99 Å². The molecule has 0 bridgehead atoms. The lowest BCUT2D eigenvalue weighted by molar-refractivity contribution is 0.0693.